The maximum absolute atomic E-state index is 10.0. The van der Waals surface area contributed by atoms with Gasteiger partial charge in [0, 0.05) is 6.04 Å². The third-order valence-electron chi connectivity index (χ3n) is 3.17. The van der Waals surface area contributed by atoms with Crippen LogP contribution in [0.25, 0.3) is 0 Å². The van der Waals surface area contributed by atoms with Crippen molar-refractivity contribution in [2.45, 2.75) is 19.9 Å². The Kier molecular flexibility index (Phi) is 3.95. The molecule has 3 heteroatoms. The van der Waals surface area contributed by atoms with Gasteiger partial charge in [-0.15, -0.1) is 0 Å². The van der Waals surface area contributed by atoms with Gasteiger partial charge < -0.3 is 15.2 Å². The molecule has 0 radical (unpaired) electrons. The van der Waals surface area contributed by atoms with Gasteiger partial charge in [0.15, 0.2) is 11.5 Å². The first-order valence-electron chi connectivity index (χ1n) is 6.31. The number of hydrogen-bond donors (Lipinski definition) is 2. The van der Waals surface area contributed by atoms with Gasteiger partial charge in [-0.25, -0.2) is 0 Å². The van der Waals surface area contributed by atoms with Crippen molar-refractivity contribution in [1.29, 1.82) is 0 Å². The van der Waals surface area contributed by atoms with Gasteiger partial charge >= 0.3 is 0 Å². The van der Waals surface area contributed by atoms with Crippen molar-refractivity contribution in [2.75, 3.05) is 12.4 Å². The number of aryl methyl sites for hydroxylation is 1. The van der Waals surface area contributed by atoms with Crippen LogP contribution in [0.5, 0.6) is 11.5 Å². The van der Waals surface area contributed by atoms with Gasteiger partial charge in [-0.1, -0.05) is 35.9 Å². The molecule has 0 heterocycles. The summed E-state index contributed by atoms with van der Waals surface area (Å²) in [6, 6.07) is 13.9. The standard InChI is InChI=1S/C16H19NO2/c1-11-7-9-13(10-8-11)12(2)17-14-5-4-6-15(19-3)16(14)18/h4-10,12,17-18H,1-3H3/t12-/m1/s1. The highest BCUT2D eigenvalue weighted by atomic mass is 16.5. The quantitative estimate of drug-likeness (QED) is 0.817. The Morgan fingerprint density at radius 3 is 2.42 bits per heavy atom. The van der Waals surface area contributed by atoms with Crippen LogP contribution >= 0.6 is 0 Å². The molecule has 0 aliphatic rings. The Hall–Kier alpha value is -2.16. The molecular weight excluding hydrogens is 238 g/mol. The fourth-order valence-corrected chi connectivity index (χ4v) is 1.98. The first-order valence-corrected chi connectivity index (χ1v) is 6.31. The molecule has 19 heavy (non-hydrogen) atoms. The number of phenolic OH excluding ortho intramolecular Hbond substituents is 1. The first kappa shape index (κ1) is 13.3. The van der Waals surface area contributed by atoms with Crippen LogP contribution in [0.3, 0.4) is 0 Å². The van der Waals surface area contributed by atoms with E-state index in [0.717, 1.165) is 0 Å². The number of phenols is 1. The number of anilines is 1. The second kappa shape index (κ2) is 5.65. The van der Waals surface area contributed by atoms with Crippen molar-refractivity contribution in [1.82, 2.24) is 0 Å². The largest absolute Gasteiger partial charge is 0.503 e. The Labute approximate surface area is 113 Å². The summed E-state index contributed by atoms with van der Waals surface area (Å²) in [5, 5.41) is 13.3. The zero-order valence-corrected chi connectivity index (χ0v) is 11.5. The van der Waals surface area contributed by atoms with Crippen LogP contribution in [0.15, 0.2) is 42.5 Å². The maximum atomic E-state index is 10.0. The molecule has 2 aromatic carbocycles. The summed E-state index contributed by atoms with van der Waals surface area (Å²) in [4.78, 5) is 0. The molecule has 0 unspecified atom stereocenters. The molecule has 0 spiro atoms. The summed E-state index contributed by atoms with van der Waals surface area (Å²) >= 11 is 0. The van der Waals surface area contributed by atoms with Crippen LogP contribution in [-0.4, -0.2) is 12.2 Å². The lowest BCUT2D eigenvalue weighted by molar-refractivity contribution is 0.374. The van der Waals surface area contributed by atoms with Gasteiger partial charge in [-0.3, -0.25) is 0 Å². The SMILES string of the molecule is COc1cccc(N[C@H](C)c2ccc(C)cc2)c1O. The number of para-hydroxylation sites is 1. The molecule has 0 saturated carbocycles. The molecule has 0 saturated heterocycles. The van der Waals surface area contributed by atoms with Gasteiger partial charge in [0.2, 0.25) is 0 Å². The van der Waals surface area contributed by atoms with E-state index in [1.54, 1.807) is 13.2 Å². The Morgan fingerprint density at radius 2 is 1.79 bits per heavy atom. The summed E-state index contributed by atoms with van der Waals surface area (Å²) < 4.78 is 5.10. The number of rotatable bonds is 4. The number of hydrogen-bond acceptors (Lipinski definition) is 3. The zero-order valence-electron chi connectivity index (χ0n) is 11.5. The number of benzene rings is 2. The van der Waals surface area contributed by atoms with Gasteiger partial charge in [0.25, 0.3) is 0 Å². The molecule has 0 fully saturated rings. The molecule has 0 bridgehead atoms. The third-order valence-corrected chi connectivity index (χ3v) is 3.17. The number of aromatic hydroxyl groups is 1. The highest BCUT2D eigenvalue weighted by Gasteiger charge is 2.11. The topological polar surface area (TPSA) is 41.5 Å². The summed E-state index contributed by atoms with van der Waals surface area (Å²) in [6.45, 7) is 4.12. The second-order valence-corrected chi connectivity index (χ2v) is 4.63. The second-order valence-electron chi connectivity index (χ2n) is 4.63. The molecule has 0 amide bonds. The minimum atomic E-state index is 0.110. The predicted octanol–water partition coefficient (Wildman–Crippen LogP) is 3.88. The molecular formula is C16H19NO2. The van der Waals surface area contributed by atoms with E-state index in [2.05, 4.69) is 43.4 Å². The minimum absolute atomic E-state index is 0.110. The van der Waals surface area contributed by atoms with Crippen molar-refractivity contribution < 1.29 is 9.84 Å². The molecule has 2 N–H and O–H groups in total. The van der Waals surface area contributed by atoms with Crippen LogP contribution in [-0.2, 0) is 0 Å². The van der Waals surface area contributed by atoms with E-state index < -0.39 is 0 Å². The molecule has 100 valence electrons. The summed E-state index contributed by atoms with van der Waals surface area (Å²) in [6.07, 6.45) is 0. The van der Waals surface area contributed by atoms with Crippen molar-refractivity contribution in [3.63, 3.8) is 0 Å². The van der Waals surface area contributed by atoms with Crippen LogP contribution in [0, 0.1) is 6.92 Å². The number of ether oxygens (including phenoxy) is 1. The van der Waals surface area contributed by atoms with E-state index in [-0.39, 0.29) is 11.8 Å². The van der Waals surface area contributed by atoms with Gasteiger partial charge in [-0.05, 0) is 31.5 Å². The fraction of sp³-hybridized carbons (Fsp3) is 0.250. The van der Waals surface area contributed by atoms with Crippen molar-refractivity contribution in [3.8, 4) is 11.5 Å². The average Bonchev–Trinajstić information content (AvgIpc) is 2.42. The van der Waals surface area contributed by atoms with E-state index in [9.17, 15) is 5.11 Å². The summed E-state index contributed by atoms with van der Waals surface area (Å²) in [5.41, 5.74) is 3.08. The highest BCUT2D eigenvalue weighted by Crippen LogP contribution is 2.35. The van der Waals surface area contributed by atoms with Gasteiger partial charge in [-0.2, -0.15) is 0 Å². The normalized spacial score (nSPS) is 11.9. The Balaban J connectivity index is 2.19. The minimum Gasteiger partial charge on any atom is -0.503 e. The zero-order chi connectivity index (χ0) is 13.8. The average molecular weight is 257 g/mol. The monoisotopic (exact) mass is 257 g/mol. The molecule has 0 aliphatic heterocycles. The number of nitrogens with one attached hydrogen (secondary N) is 1. The molecule has 2 rings (SSSR count). The molecule has 0 aliphatic carbocycles. The van der Waals surface area contributed by atoms with Crippen molar-refractivity contribution >= 4 is 5.69 Å². The fourth-order valence-electron chi connectivity index (χ4n) is 1.98. The molecule has 2 aromatic rings. The molecule has 0 aromatic heterocycles. The van der Waals surface area contributed by atoms with E-state index in [4.69, 9.17) is 4.74 Å². The van der Waals surface area contributed by atoms with Crippen LogP contribution in [0.4, 0.5) is 5.69 Å². The first-order chi connectivity index (χ1) is 9.11. The van der Waals surface area contributed by atoms with Gasteiger partial charge in [0.1, 0.15) is 0 Å². The molecule has 1 atom stereocenters. The lowest BCUT2D eigenvalue weighted by Crippen LogP contribution is -2.06. The highest BCUT2D eigenvalue weighted by molar-refractivity contribution is 5.63. The third kappa shape index (κ3) is 2.99. The number of methoxy groups -OCH3 is 1. The van der Waals surface area contributed by atoms with Gasteiger partial charge in [0.05, 0.1) is 12.8 Å². The van der Waals surface area contributed by atoms with Crippen LogP contribution < -0.4 is 10.1 Å². The lowest BCUT2D eigenvalue weighted by atomic mass is 10.1. The maximum Gasteiger partial charge on any atom is 0.181 e. The summed E-state index contributed by atoms with van der Waals surface area (Å²) in [5.74, 6) is 0.616. The lowest BCUT2D eigenvalue weighted by Gasteiger charge is -2.17. The van der Waals surface area contributed by atoms with E-state index in [1.165, 1.54) is 11.1 Å². The Bertz CT molecular complexity index is 549. The van der Waals surface area contributed by atoms with Crippen molar-refractivity contribution in [3.05, 3.63) is 53.6 Å². The Morgan fingerprint density at radius 1 is 1.11 bits per heavy atom. The smallest absolute Gasteiger partial charge is 0.181 e. The van der Waals surface area contributed by atoms with Crippen LogP contribution in [0.1, 0.15) is 24.1 Å². The van der Waals surface area contributed by atoms with E-state index >= 15 is 0 Å². The van der Waals surface area contributed by atoms with E-state index in [1.807, 2.05) is 12.1 Å². The predicted molar refractivity (Wildman–Crippen MR) is 77.9 cm³/mol. The molecule has 3 nitrogen and oxygen atoms in total. The van der Waals surface area contributed by atoms with Crippen molar-refractivity contribution in [2.24, 2.45) is 0 Å². The van der Waals surface area contributed by atoms with Crippen LogP contribution in [0.2, 0.25) is 0 Å². The van der Waals surface area contributed by atoms with E-state index in [0.29, 0.717) is 11.4 Å². The summed E-state index contributed by atoms with van der Waals surface area (Å²) in [7, 11) is 1.54.